The number of hydrogen-bond acceptors (Lipinski definition) is 6. The number of anilines is 1. The van der Waals surface area contributed by atoms with Crippen LogP contribution in [0.25, 0.3) is 0 Å². The summed E-state index contributed by atoms with van der Waals surface area (Å²) >= 11 is 0. The first kappa shape index (κ1) is 17.2. The van der Waals surface area contributed by atoms with Crippen molar-refractivity contribution in [2.45, 2.75) is 18.9 Å². The van der Waals surface area contributed by atoms with Gasteiger partial charge < -0.3 is 14.5 Å². The largest absolute Gasteiger partial charge is 0.454 e. The number of likely N-dealkylation sites (N-methyl/N-ethyl adjacent to an activating group) is 1. The molecule has 2 saturated heterocycles. The van der Waals surface area contributed by atoms with Crippen molar-refractivity contribution in [2.24, 2.45) is 0 Å². The normalized spacial score (nSPS) is 20.3. The molecule has 0 N–H and O–H groups in total. The second-order valence-corrected chi connectivity index (χ2v) is 7.19. The number of nitrogens with zero attached hydrogens (tertiary/aromatic N) is 5. The van der Waals surface area contributed by atoms with Crippen molar-refractivity contribution in [3.05, 3.63) is 42.7 Å². The molecule has 26 heavy (non-hydrogen) atoms. The quantitative estimate of drug-likeness (QED) is 0.841. The number of benzene rings is 1. The first-order chi connectivity index (χ1) is 12.8. The Bertz CT molecular complexity index is 677. The van der Waals surface area contributed by atoms with E-state index in [1.807, 2.05) is 30.3 Å². The molecule has 0 atom stereocenters. The average Bonchev–Trinajstić information content (AvgIpc) is 2.70. The zero-order valence-electron chi connectivity index (χ0n) is 15.4. The van der Waals surface area contributed by atoms with Crippen molar-refractivity contribution in [1.82, 2.24) is 19.8 Å². The summed E-state index contributed by atoms with van der Waals surface area (Å²) in [4.78, 5) is 16.4. The smallest absolute Gasteiger partial charge is 0.225 e. The van der Waals surface area contributed by atoms with Gasteiger partial charge in [-0.25, -0.2) is 9.97 Å². The van der Waals surface area contributed by atoms with Crippen LogP contribution in [0.1, 0.15) is 12.8 Å². The Labute approximate surface area is 155 Å². The van der Waals surface area contributed by atoms with E-state index in [4.69, 9.17) is 4.74 Å². The van der Waals surface area contributed by atoms with Crippen molar-refractivity contribution >= 4 is 5.95 Å². The lowest BCUT2D eigenvalue weighted by atomic mass is 10.0. The number of para-hydroxylation sites is 1. The second kappa shape index (κ2) is 8.01. The van der Waals surface area contributed by atoms with E-state index in [9.17, 15) is 0 Å². The molecule has 2 aliphatic rings. The molecule has 0 bridgehead atoms. The summed E-state index contributed by atoms with van der Waals surface area (Å²) in [6.45, 7) is 6.82. The Morgan fingerprint density at radius 3 is 2.15 bits per heavy atom. The number of piperazine rings is 1. The van der Waals surface area contributed by atoms with E-state index in [0.717, 1.165) is 24.8 Å². The van der Waals surface area contributed by atoms with E-state index in [0.29, 0.717) is 11.8 Å². The Morgan fingerprint density at radius 2 is 1.50 bits per heavy atom. The van der Waals surface area contributed by atoms with Gasteiger partial charge in [0.25, 0.3) is 0 Å². The van der Waals surface area contributed by atoms with Crippen LogP contribution < -0.4 is 9.64 Å². The van der Waals surface area contributed by atoms with E-state index >= 15 is 0 Å². The maximum Gasteiger partial charge on any atom is 0.225 e. The molecule has 0 saturated carbocycles. The molecule has 2 aliphatic heterocycles. The number of piperidine rings is 1. The molecule has 6 nitrogen and oxygen atoms in total. The average molecular weight is 353 g/mol. The van der Waals surface area contributed by atoms with E-state index < -0.39 is 0 Å². The fraction of sp³-hybridized carbons (Fsp3) is 0.500. The molecular weight excluding hydrogens is 326 g/mol. The van der Waals surface area contributed by atoms with Crippen LogP contribution in [-0.4, -0.2) is 72.1 Å². The lowest BCUT2D eigenvalue weighted by Crippen LogP contribution is -2.52. The molecule has 0 amide bonds. The highest BCUT2D eigenvalue weighted by molar-refractivity contribution is 5.34. The third-order valence-electron chi connectivity index (χ3n) is 5.40. The Balaban J connectivity index is 1.30. The minimum Gasteiger partial charge on any atom is -0.454 e. The van der Waals surface area contributed by atoms with Crippen molar-refractivity contribution in [1.29, 1.82) is 0 Å². The molecule has 4 rings (SSSR count). The van der Waals surface area contributed by atoms with Crippen LogP contribution in [0.3, 0.4) is 0 Å². The fourth-order valence-corrected chi connectivity index (χ4v) is 3.77. The first-order valence-corrected chi connectivity index (χ1v) is 9.50. The summed E-state index contributed by atoms with van der Waals surface area (Å²) in [6, 6.07) is 10.4. The van der Waals surface area contributed by atoms with Gasteiger partial charge in [-0.15, -0.1) is 0 Å². The highest BCUT2D eigenvalue weighted by Gasteiger charge is 2.27. The second-order valence-electron chi connectivity index (χ2n) is 7.19. The van der Waals surface area contributed by atoms with Crippen LogP contribution in [-0.2, 0) is 0 Å². The van der Waals surface area contributed by atoms with Gasteiger partial charge in [-0.3, -0.25) is 4.90 Å². The van der Waals surface area contributed by atoms with Crippen molar-refractivity contribution in [3.8, 4) is 11.5 Å². The number of rotatable bonds is 4. The van der Waals surface area contributed by atoms with E-state index in [1.165, 1.54) is 39.0 Å². The molecule has 1 aromatic heterocycles. The Morgan fingerprint density at radius 1 is 0.846 bits per heavy atom. The maximum atomic E-state index is 5.77. The van der Waals surface area contributed by atoms with Crippen molar-refractivity contribution < 1.29 is 4.74 Å². The molecule has 2 fully saturated rings. The molecule has 1 aromatic carbocycles. The summed E-state index contributed by atoms with van der Waals surface area (Å²) in [5.74, 6) is 2.28. The minimum absolute atomic E-state index is 0.673. The molecule has 0 radical (unpaired) electrons. The zero-order valence-corrected chi connectivity index (χ0v) is 15.4. The molecule has 6 heteroatoms. The number of hydrogen-bond donors (Lipinski definition) is 0. The fourth-order valence-electron chi connectivity index (χ4n) is 3.77. The molecule has 0 aliphatic carbocycles. The lowest BCUT2D eigenvalue weighted by Gasteiger charge is -2.42. The van der Waals surface area contributed by atoms with Gasteiger partial charge in [0.15, 0.2) is 5.75 Å². The van der Waals surface area contributed by atoms with Crippen LogP contribution in [0.5, 0.6) is 11.5 Å². The summed E-state index contributed by atoms with van der Waals surface area (Å²) in [7, 11) is 2.21. The molecule has 0 unspecified atom stereocenters. The van der Waals surface area contributed by atoms with Gasteiger partial charge in [0.1, 0.15) is 5.75 Å². The van der Waals surface area contributed by atoms with Crippen LogP contribution in [0.4, 0.5) is 5.95 Å². The van der Waals surface area contributed by atoms with Gasteiger partial charge in [-0.1, -0.05) is 18.2 Å². The summed E-state index contributed by atoms with van der Waals surface area (Å²) in [5.41, 5.74) is 0. The Hall–Kier alpha value is -2.18. The SMILES string of the molecule is CN1CCN(C2CCN(c3ncc(Oc4ccccc4)cn3)CC2)CC1. The third kappa shape index (κ3) is 4.14. The van der Waals surface area contributed by atoms with Crippen molar-refractivity contribution in [2.75, 3.05) is 51.2 Å². The molecule has 2 aromatic rings. The van der Waals surface area contributed by atoms with E-state index in [1.54, 1.807) is 12.4 Å². The highest BCUT2D eigenvalue weighted by atomic mass is 16.5. The van der Waals surface area contributed by atoms with Gasteiger partial charge in [0.2, 0.25) is 5.95 Å². The number of ether oxygens (including phenoxy) is 1. The zero-order chi connectivity index (χ0) is 17.8. The lowest BCUT2D eigenvalue weighted by molar-refractivity contribution is 0.0980. The summed E-state index contributed by atoms with van der Waals surface area (Å²) < 4.78 is 5.77. The molecule has 0 spiro atoms. The summed E-state index contributed by atoms with van der Waals surface area (Å²) in [5, 5.41) is 0. The molecule has 3 heterocycles. The van der Waals surface area contributed by atoms with Crippen molar-refractivity contribution in [3.63, 3.8) is 0 Å². The van der Waals surface area contributed by atoms with E-state index in [-0.39, 0.29) is 0 Å². The van der Waals surface area contributed by atoms with E-state index in [2.05, 4.69) is 31.7 Å². The number of aromatic nitrogens is 2. The van der Waals surface area contributed by atoms with Crippen LogP contribution in [0, 0.1) is 0 Å². The van der Waals surface area contributed by atoms with Gasteiger partial charge >= 0.3 is 0 Å². The molecular formula is C20H27N5O. The van der Waals surface area contributed by atoms with Gasteiger partial charge in [-0.05, 0) is 32.0 Å². The van der Waals surface area contributed by atoms with Gasteiger partial charge in [0, 0.05) is 45.3 Å². The highest BCUT2D eigenvalue weighted by Crippen LogP contribution is 2.23. The summed E-state index contributed by atoms with van der Waals surface area (Å²) in [6.07, 6.45) is 5.91. The first-order valence-electron chi connectivity index (χ1n) is 9.50. The predicted octanol–water partition coefficient (Wildman–Crippen LogP) is 2.49. The van der Waals surface area contributed by atoms with Gasteiger partial charge in [0.05, 0.1) is 12.4 Å². The maximum absolute atomic E-state index is 5.77. The monoisotopic (exact) mass is 353 g/mol. The molecule has 138 valence electrons. The standard InChI is InChI=1S/C20H27N5O/c1-23-11-13-24(14-12-23)17-7-9-25(10-8-17)20-21-15-19(16-22-20)26-18-5-3-2-4-6-18/h2-6,15-17H,7-14H2,1H3. The third-order valence-corrected chi connectivity index (χ3v) is 5.40. The van der Waals surface area contributed by atoms with Crippen LogP contribution in [0.15, 0.2) is 42.7 Å². The minimum atomic E-state index is 0.673. The topological polar surface area (TPSA) is 44.7 Å². The van der Waals surface area contributed by atoms with Crippen LogP contribution >= 0.6 is 0 Å². The van der Waals surface area contributed by atoms with Gasteiger partial charge in [-0.2, -0.15) is 0 Å². The predicted molar refractivity (Wildman–Crippen MR) is 103 cm³/mol. The van der Waals surface area contributed by atoms with Crippen LogP contribution in [0.2, 0.25) is 0 Å². The Kier molecular flexibility index (Phi) is 5.32.